The molecule has 0 unspecified atom stereocenters. The van der Waals surface area contributed by atoms with Crippen molar-refractivity contribution in [3.05, 3.63) is 29.8 Å². The van der Waals surface area contributed by atoms with Crippen molar-refractivity contribution in [2.45, 2.75) is 70.6 Å². The van der Waals surface area contributed by atoms with E-state index in [4.69, 9.17) is 25.9 Å². The molecule has 0 heterocycles. The number of aliphatic hydroxyl groups is 1. The Hall–Kier alpha value is -2.77. The highest BCUT2D eigenvalue weighted by molar-refractivity contribution is 5.95. The van der Waals surface area contributed by atoms with Gasteiger partial charge in [-0.2, -0.15) is 0 Å². The summed E-state index contributed by atoms with van der Waals surface area (Å²) in [6.07, 6.45) is -4.82. The molecule has 0 aromatic heterocycles. The number of phenols is 1. The zero-order valence-corrected chi connectivity index (χ0v) is 18.7. The van der Waals surface area contributed by atoms with E-state index in [9.17, 15) is 24.6 Å². The summed E-state index contributed by atoms with van der Waals surface area (Å²) in [6.45, 7) is 7.15. The molecule has 180 valence electrons. The molecule has 0 aliphatic heterocycles. The Bertz CT molecular complexity index is 821. The molecule has 0 aliphatic carbocycles. The molecule has 0 aliphatic rings. The maximum atomic E-state index is 13.1. The van der Waals surface area contributed by atoms with Crippen molar-refractivity contribution in [2.24, 2.45) is 11.7 Å². The van der Waals surface area contributed by atoms with E-state index < -0.39 is 53.9 Å². The number of ether oxygens (including phenoxy) is 3. The van der Waals surface area contributed by atoms with Crippen LogP contribution in [0.2, 0.25) is 0 Å². The van der Waals surface area contributed by atoms with Crippen molar-refractivity contribution in [2.75, 3.05) is 0 Å². The number of hydrazine groups is 2. The molecule has 1 rings (SSSR count). The van der Waals surface area contributed by atoms with Crippen LogP contribution in [0.15, 0.2) is 24.3 Å². The molecule has 4 atom stereocenters. The predicted octanol–water partition coefficient (Wildman–Crippen LogP) is 0.280. The molecule has 0 amide bonds. The third kappa shape index (κ3) is 6.87. The Morgan fingerprint density at radius 3 is 2.19 bits per heavy atom. The Balaban J connectivity index is 2.97. The smallest absolute Gasteiger partial charge is 0.508 e. The van der Waals surface area contributed by atoms with E-state index in [0.717, 1.165) is 0 Å². The summed E-state index contributed by atoms with van der Waals surface area (Å²) in [5, 5.41) is 20.4. The van der Waals surface area contributed by atoms with Gasteiger partial charge in [0.15, 0.2) is 5.78 Å². The van der Waals surface area contributed by atoms with Gasteiger partial charge in [0.2, 0.25) is 6.29 Å². The number of nitrogens with one attached hydrogen (secondary N) is 2. The number of aromatic hydroxyl groups is 1. The topological polar surface area (TPSA) is 195 Å². The van der Waals surface area contributed by atoms with Crippen LogP contribution in [-0.2, 0) is 23.8 Å². The average Bonchev–Trinajstić information content (AvgIpc) is 2.71. The van der Waals surface area contributed by atoms with Gasteiger partial charge in [-0.15, -0.1) is 0 Å². The minimum atomic E-state index is -1.76. The van der Waals surface area contributed by atoms with E-state index in [1.165, 1.54) is 45.0 Å². The Kier molecular flexibility index (Phi) is 9.54. The van der Waals surface area contributed by atoms with Crippen molar-refractivity contribution >= 4 is 17.9 Å². The second-order valence-electron chi connectivity index (χ2n) is 7.93. The average molecular weight is 456 g/mol. The third-order valence-electron chi connectivity index (χ3n) is 4.76. The number of hydrogen-bond donors (Lipinski definition) is 6. The molecule has 12 nitrogen and oxygen atoms in total. The maximum absolute atomic E-state index is 13.1. The molecule has 0 saturated heterocycles. The molecule has 0 bridgehead atoms. The molecule has 32 heavy (non-hydrogen) atoms. The van der Waals surface area contributed by atoms with Crippen LogP contribution in [0.25, 0.3) is 0 Å². The summed E-state index contributed by atoms with van der Waals surface area (Å²) in [6, 6.07) is 5.66. The summed E-state index contributed by atoms with van der Waals surface area (Å²) in [5.41, 5.74) is 1.21. The number of benzene rings is 1. The first kappa shape index (κ1) is 27.3. The van der Waals surface area contributed by atoms with Crippen LogP contribution in [0.5, 0.6) is 5.75 Å². The minimum Gasteiger partial charge on any atom is -0.508 e. The number of hydrogen-bond acceptors (Lipinski definition) is 12. The molecular weight excluding hydrogens is 424 g/mol. The van der Waals surface area contributed by atoms with Gasteiger partial charge in [-0.05, 0) is 45.4 Å². The van der Waals surface area contributed by atoms with Gasteiger partial charge in [0.1, 0.15) is 22.9 Å². The first-order valence-electron chi connectivity index (χ1n) is 9.83. The van der Waals surface area contributed by atoms with Crippen LogP contribution >= 0.6 is 0 Å². The van der Waals surface area contributed by atoms with Gasteiger partial charge in [-0.25, -0.2) is 20.4 Å². The van der Waals surface area contributed by atoms with E-state index in [1.807, 2.05) is 0 Å². The molecule has 1 aromatic carbocycles. The second kappa shape index (κ2) is 11.2. The zero-order chi connectivity index (χ0) is 24.7. The highest BCUT2D eigenvalue weighted by Gasteiger charge is 2.46. The van der Waals surface area contributed by atoms with Crippen LogP contribution in [0.1, 0.15) is 52.7 Å². The lowest BCUT2D eigenvalue weighted by atomic mass is 9.80. The highest BCUT2D eigenvalue weighted by atomic mass is 16.8. The van der Waals surface area contributed by atoms with Crippen LogP contribution in [0, 0.1) is 0 Å². The fraction of sp³-hybridized carbons (Fsp3) is 0.550. The number of esters is 1. The first-order valence-corrected chi connectivity index (χ1v) is 9.83. The first-order chi connectivity index (χ1) is 14.8. The number of nitrogens with two attached hydrogens (primary N) is 2. The number of ketones is 1. The summed E-state index contributed by atoms with van der Waals surface area (Å²) < 4.78 is 14.7. The van der Waals surface area contributed by atoms with Crippen molar-refractivity contribution < 1.29 is 38.8 Å². The van der Waals surface area contributed by atoms with Gasteiger partial charge in [-0.3, -0.25) is 16.5 Å². The SMILES string of the molecule is CC(C)OC(=O)O[C@@H](C)OC(=O)[C@](C)(CC(=O)[C@@](C)(NN)[C@@H](O)c1cccc(O)c1)NN. The number of phenolic OH excluding ortho intramolecular Hbond substituents is 1. The van der Waals surface area contributed by atoms with Gasteiger partial charge in [0.25, 0.3) is 0 Å². The number of carbonyl (C=O) groups is 3. The van der Waals surface area contributed by atoms with E-state index in [0.29, 0.717) is 0 Å². The summed E-state index contributed by atoms with van der Waals surface area (Å²) in [4.78, 5) is 37.3. The zero-order valence-electron chi connectivity index (χ0n) is 18.7. The highest BCUT2D eigenvalue weighted by Crippen LogP contribution is 2.30. The number of Topliss-reactive ketones (excluding diaryl/α,β-unsaturated/α-hetero) is 1. The largest absolute Gasteiger partial charge is 0.511 e. The maximum Gasteiger partial charge on any atom is 0.511 e. The lowest BCUT2D eigenvalue weighted by molar-refractivity contribution is -0.177. The molecule has 1 aromatic rings. The van der Waals surface area contributed by atoms with E-state index in [2.05, 4.69) is 10.9 Å². The molecule has 0 spiro atoms. The number of aliphatic hydroxyl groups excluding tert-OH is 1. The molecular formula is C20H32N4O8. The number of rotatable bonds is 11. The molecule has 0 radical (unpaired) electrons. The van der Waals surface area contributed by atoms with Crippen molar-refractivity contribution in [3.8, 4) is 5.75 Å². The summed E-state index contributed by atoms with van der Waals surface area (Å²) in [5.74, 6) is 9.27. The summed E-state index contributed by atoms with van der Waals surface area (Å²) >= 11 is 0. The predicted molar refractivity (Wildman–Crippen MR) is 112 cm³/mol. The normalized spacial score (nSPS) is 16.9. The number of carbonyl (C=O) groups excluding carboxylic acids is 3. The molecule has 0 fully saturated rings. The lowest BCUT2D eigenvalue weighted by Crippen LogP contribution is -2.62. The quantitative estimate of drug-likeness (QED) is 0.115. The summed E-state index contributed by atoms with van der Waals surface area (Å²) in [7, 11) is 0. The minimum absolute atomic E-state index is 0.115. The molecule has 8 N–H and O–H groups in total. The fourth-order valence-electron chi connectivity index (χ4n) is 2.69. The Labute approximate surface area is 186 Å². The van der Waals surface area contributed by atoms with Crippen LogP contribution in [-0.4, -0.2) is 51.6 Å². The fourth-order valence-corrected chi connectivity index (χ4v) is 2.69. The standard InChI is InChI=1S/C20H32N4O8/c1-11(2)30-18(29)32-12(3)31-17(28)19(4,23-21)10-15(26)20(5,24-22)16(27)13-7-6-8-14(25)9-13/h6-9,11-12,16,23-25,27H,10,21-22H2,1-5H3/t12-,16-,19-,20+/m0/s1. The van der Waals surface area contributed by atoms with Gasteiger partial charge in [0, 0.05) is 13.3 Å². The van der Waals surface area contributed by atoms with Gasteiger partial charge in [-0.1, -0.05) is 12.1 Å². The third-order valence-corrected chi connectivity index (χ3v) is 4.76. The second-order valence-corrected chi connectivity index (χ2v) is 7.93. The van der Waals surface area contributed by atoms with E-state index in [1.54, 1.807) is 13.8 Å². The Morgan fingerprint density at radius 2 is 1.69 bits per heavy atom. The van der Waals surface area contributed by atoms with Crippen molar-refractivity contribution in [3.63, 3.8) is 0 Å². The van der Waals surface area contributed by atoms with Gasteiger partial charge < -0.3 is 24.4 Å². The molecule has 12 heteroatoms. The lowest BCUT2D eigenvalue weighted by Gasteiger charge is -2.36. The van der Waals surface area contributed by atoms with E-state index >= 15 is 0 Å². The van der Waals surface area contributed by atoms with Crippen molar-refractivity contribution in [1.29, 1.82) is 0 Å². The Morgan fingerprint density at radius 1 is 1.06 bits per heavy atom. The van der Waals surface area contributed by atoms with Gasteiger partial charge >= 0.3 is 12.1 Å². The molecule has 0 saturated carbocycles. The van der Waals surface area contributed by atoms with Crippen LogP contribution in [0.3, 0.4) is 0 Å². The van der Waals surface area contributed by atoms with Crippen LogP contribution in [0.4, 0.5) is 4.79 Å². The van der Waals surface area contributed by atoms with Gasteiger partial charge in [0.05, 0.1) is 6.10 Å². The van der Waals surface area contributed by atoms with Crippen LogP contribution < -0.4 is 22.5 Å². The van der Waals surface area contributed by atoms with Crippen molar-refractivity contribution in [1.82, 2.24) is 10.9 Å². The monoisotopic (exact) mass is 456 g/mol. The van der Waals surface area contributed by atoms with E-state index in [-0.39, 0.29) is 11.3 Å².